The standard InChI is InChI=1S/C23H23N3O4/c27-23(25-15-21-24-14-20(30-21)16-6-2-1-3-7-16)26-11-5-9-18(26)17-8-4-10-19-22(17)29-13-12-28-19/h1-4,6-8,10,14,18H,5,9,11-13,15H2,(H,25,27). The molecule has 0 radical (unpaired) electrons. The topological polar surface area (TPSA) is 76.8 Å². The molecule has 1 atom stereocenters. The van der Waals surface area contributed by atoms with Gasteiger partial charge in [0.1, 0.15) is 13.2 Å². The smallest absolute Gasteiger partial charge is 0.318 e. The number of hydrogen-bond acceptors (Lipinski definition) is 5. The summed E-state index contributed by atoms with van der Waals surface area (Å²) in [5.41, 5.74) is 1.96. The van der Waals surface area contributed by atoms with Crippen LogP contribution in [0.2, 0.25) is 0 Å². The fraction of sp³-hybridized carbons (Fsp3) is 0.304. The molecule has 1 fully saturated rings. The van der Waals surface area contributed by atoms with E-state index < -0.39 is 0 Å². The lowest BCUT2D eigenvalue weighted by Gasteiger charge is -2.28. The number of urea groups is 1. The molecule has 1 saturated heterocycles. The number of nitrogens with zero attached hydrogens (tertiary/aromatic N) is 2. The maximum atomic E-state index is 12.9. The van der Waals surface area contributed by atoms with Gasteiger partial charge in [-0.1, -0.05) is 42.5 Å². The predicted molar refractivity (Wildman–Crippen MR) is 110 cm³/mol. The zero-order valence-corrected chi connectivity index (χ0v) is 16.5. The molecule has 7 heteroatoms. The number of ether oxygens (including phenoxy) is 2. The zero-order valence-electron chi connectivity index (χ0n) is 16.5. The maximum Gasteiger partial charge on any atom is 0.318 e. The number of benzene rings is 2. The van der Waals surface area contributed by atoms with E-state index >= 15 is 0 Å². The molecule has 0 bridgehead atoms. The van der Waals surface area contributed by atoms with Crippen molar-refractivity contribution < 1.29 is 18.7 Å². The molecule has 1 unspecified atom stereocenters. The number of para-hydroxylation sites is 1. The molecule has 7 nitrogen and oxygen atoms in total. The highest BCUT2D eigenvalue weighted by Gasteiger charge is 2.33. The summed E-state index contributed by atoms with van der Waals surface area (Å²) in [6.07, 6.45) is 3.52. The third-order valence-corrected chi connectivity index (χ3v) is 5.47. The van der Waals surface area contributed by atoms with Crippen LogP contribution >= 0.6 is 0 Å². The number of carbonyl (C=O) groups excluding carboxylic acids is 1. The highest BCUT2D eigenvalue weighted by atomic mass is 16.6. The Bertz CT molecular complexity index is 1030. The van der Waals surface area contributed by atoms with Crippen molar-refractivity contribution in [3.8, 4) is 22.8 Å². The SMILES string of the molecule is O=C(NCc1ncc(-c2ccccc2)o1)N1CCCC1c1cccc2c1OCCO2. The van der Waals surface area contributed by atoms with Crippen molar-refractivity contribution in [3.63, 3.8) is 0 Å². The lowest BCUT2D eigenvalue weighted by atomic mass is 10.0. The normalized spacial score (nSPS) is 17.7. The summed E-state index contributed by atoms with van der Waals surface area (Å²) in [4.78, 5) is 19.1. The van der Waals surface area contributed by atoms with Gasteiger partial charge in [0.05, 0.1) is 18.8 Å². The van der Waals surface area contributed by atoms with Crippen LogP contribution in [-0.4, -0.2) is 35.7 Å². The molecule has 2 aliphatic rings. The summed E-state index contributed by atoms with van der Waals surface area (Å²) in [6.45, 7) is 2.01. The number of amides is 2. The molecule has 5 rings (SSSR count). The van der Waals surface area contributed by atoms with Crippen molar-refractivity contribution in [2.75, 3.05) is 19.8 Å². The molecular weight excluding hydrogens is 382 g/mol. The summed E-state index contributed by atoms with van der Waals surface area (Å²) in [5, 5.41) is 2.94. The van der Waals surface area contributed by atoms with Gasteiger partial charge in [-0.05, 0) is 18.9 Å². The minimum Gasteiger partial charge on any atom is -0.486 e. The van der Waals surface area contributed by atoms with Gasteiger partial charge in [0.2, 0.25) is 5.89 Å². The van der Waals surface area contributed by atoms with Gasteiger partial charge in [0, 0.05) is 17.7 Å². The second-order valence-electron chi connectivity index (χ2n) is 7.37. The van der Waals surface area contributed by atoms with E-state index in [9.17, 15) is 4.79 Å². The highest BCUT2D eigenvalue weighted by Crippen LogP contribution is 2.42. The van der Waals surface area contributed by atoms with Crippen LogP contribution in [0.1, 0.15) is 30.3 Å². The van der Waals surface area contributed by atoms with Crippen LogP contribution in [0.5, 0.6) is 11.5 Å². The number of likely N-dealkylation sites (tertiary alicyclic amines) is 1. The lowest BCUT2D eigenvalue weighted by Crippen LogP contribution is -2.39. The molecule has 0 aliphatic carbocycles. The zero-order chi connectivity index (χ0) is 20.3. The van der Waals surface area contributed by atoms with E-state index in [1.807, 2.05) is 53.4 Å². The number of fused-ring (bicyclic) bond motifs is 1. The molecular formula is C23H23N3O4. The fourth-order valence-electron chi connectivity index (χ4n) is 4.07. The van der Waals surface area contributed by atoms with E-state index in [1.54, 1.807) is 6.20 Å². The molecule has 2 aromatic carbocycles. The van der Waals surface area contributed by atoms with E-state index in [0.29, 0.717) is 31.4 Å². The second kappa shape index (κ2) is 8.10. The Morgan fingerprint density at radius 3 is 2.87 bits per heavy atom. The van der Waals surface area contributed by atoms with Gasteiger partial charge >= 0.3 is 6.03 Å². The van der Waals surface area contributed by atoms with Crippen LogP contribution in [0.25, 0.3) is 11.3 Å². The first-order chi connectivity index (χ1) is 14.8. The van der Waals surface area contributed by atoms with E-state index in [1.165, 1.54) is 0 Å². The Labute approximate surface area is 174 Å². The Balaban J connectivity index is 1.27. The highest BCUT2D eigenvalue weighted by molar-refractivity contribution is 5.75. The number of nitrogens with one attached hydrogen (secondary N) is 1. The Hall–Kier alpha value is -3.48. The lowest BCUT2D eigenvalue weighted by molar-refractivity contribution is 0.163. The largest absolute Gasteiger partial charge is 0.486 e. The van der Waals surface area contributed by atoms with Crippen LogP contribution in [0.4, 0.5) is 4.79 Å². The summed E-state index contributed by atoms with van der Waals surface area (Å²) >= 11 is 0. The molecule has 154 valence electrons. The van der Waals surface area contributed by atoms with Crippen LogP contribution in [0.3, 0.4) is 0 Å². The summed E-state index contributed by atoms with van der Waals surface area (Å²) in [7, 11) is 0. The summed E-state index contributed by atoms with van der Waals surface area (Å²) in [6, 6.07) is 15.5. The van der Waals surface area contributed by atoms with Gasteiger partial charge in [-0.25, -0.2) is 9.78 Å². The quantitative estimate of drug-likeness (QED) is 0.705. The van der Waals surface area contributed by atoms with Crippen molar-refractivity contribution >= 4 is 6.03 Å². The van der Waals surface area contributed by atoms with E-state index in [4.69, 9.17) is 13.9 Å². The Kier molecular flexibility index (Phi) is 5.01. The number of carbonyl (C=O) groups is 1. The number of oxazole rings is 1. The second-order valence-corrected chi connectivity index (χ2v) is 7.37. The van der Waals surface area contributed by atoms with Crippen molar-refractivity contribution in [1.82, 2.24) is 15.2 Å². The first-order valence-electron chi connectivity index (χ1n) is 10.2. The molecule has 1 N–H and O–H groups in total. The van der Waals surface area contributed by atoms with Crippen LogP contribution in [-0.2, 0) is 6.54 Å². The van der Waals surface area contributed by atoms with Gasteiger partial charge < -0.3 is 24.1 Å². The van der Waals surface area contributed by atoms with Gasteiger partial charge in [-0.3, -0.25) is 0 Å². The molecule has 0 saturated carbocycles. The molecule has 3 heterocycles. The van der Waals surface area contributed by atoms with Crippen LogP contribution < -0.4 is 14.8 Å². The minimum absolute atomic E-state index is 0.0360. The summed E-state index contributed by atoms with van der Waals surface area (Å²) < 4.78 is 17.3. The van der Waals surface area contributed by atoms with Crippen molar-refractivity contribution in [2.24, 2.45) is 0 Å². The maximum absolute atomic E-state index is 12.9. The molecule has 3 aromatic rings. The van der Waals surface area contributed by atoms with E-state index in [0.717, 1.165) is 35.5 Å². The molecule has 2 amide bonds. The Morgan fingerprint density at radius 1 is 1.10 bits per heavy atom. The number of rotatable bonds is 4. The van der Waals surface area contributed by atoms with Gasteiger partial charge in [-0.15, -0.1) is 0 Å². The fourth-order valence-corrected chi connectivity index (χ4v) is 4.07. The van der Waals surface area contributed by atoms with Crippen molar-refractivity contribution in [2.45, 2.75) is 25.4 Å². The third-order valence-electron chi connectivity index (χ3n) is 5.47. The first kappa shape index (κ1) is 18.5. The van der Waals surface area contributed by atoms with E-state index in [-0.39, 0.29) is 18.6 Å². The monoisotopic (exact) mass is 405 g/mol. The van der Waals surface area contributed by atoms with Gasteiger partial charge in [0.25, 0.3) is 0 Å². The summed E-state index contributed by atoms with van der Waals surface area (Å²) in [5.74, 6) is 2.67. The van der Waals surface area contributed by atoms with Crippen LogP contribution in [0, 0.1) is 0 Å². The van der Waals surface area contributed by atoms with E-state index in [2.05, 4.69) is 10.3 Å². The first-order valence-corrected chi connectivity index (χ1v) is 10.2. The molecule has 30 heavy (non-hydrogen) atoms. The third kappa shape index (κ3) is 3.58. The van der Waals surface area contributed by atoms with Crippen LogP contribution in [0.15, 0.2) is 59.1 Å². The molecule has 1 aromatic heterocycles. The molecule has 2 aliphatic heterocycles. The number of hydrogen-bond donors (Lipinski definition) is 1. The minimum atomic E-state index is -0.133. The molecule has 0 spiro atoms. The Morgan fingerprint density at radius 2 is 1.97 bits per heavy atom. The average molecular weight is 405 g/mol. The van der Waals surface area contributed by atoms with Gasteiger partial charge in [-0.2, -0.15) is 0 Å². The predicted octanol–water partition coefficient (Wildman–Crippen LogP) is 4.16. The van der Waals surface area contributed by atoms with Gasteiger partial charge in [0.15, 0.2) is 17.3 Å². The number of aromatic nitrogens is 1. The van der Waals surface area contributed by atoms with Crippen molar-refractivity contribution in [1.29, 1.82) is 0 Å². The average Bonchev–Trinajstić information content (AvgIpc) is 3.48. The van der Waals surface area contributed by atoms with Crippen molar-refractivity contribution in [3.05, 3.63) is 66.2 Å².